The van der Waals surface area contributed by atoms with Crippen LogP contribution in [-0.2, 0) is 16.4 Å². The van der Waals surface area contributed by atoms with Crippen LogP contribution >= 0.6 is 0 Å². The highest BCUT2D eigenvalue weighted by molar-refractivity contribution is 7.93. The summed E-state index contributed by atoms with van der Waals surface area (Å²) in [5.41, 5.74) is 1.15. The lowest BCUT2D eigenvalue weighted by molar-refractivity contribution is 0.391. The number of furan rings is 1. The zero-order chi connectivity index (χ0) is 26.2. The summed E-state index contributed by atoms with van der Waals surface area (Å²) in [5.74, 6) is 0.626. The van der Waals surface area contributed by atoms with Gasteiger partial charge in [0.2, 0.25) is 21.8 Å². The average Bonchev–Trinajstić information content (AvgIpc) is 3.66. The van der Waals surface area contributed by atoms with E-state index in [0.29, 0.717) is 34.2 Å². The molecule has 1 atom stereocenters. The number of anilines is 1. The maximum Gasteiger partial charge on any atom is 0.243 e. The molecule has 0 bridgehead atoms. The Kier molecular flexibility index (Phi) is 6.25. The average molecular weight is 528 g/mol. The highest BCUT2D eigenvalue weighted by Crippen LogP contribution is 2.38. The second kappa shape index (κ2) is 9.54. The fraction of sp³-hybridized carbons (Fsp3) is 0.217. The van der Waals surface area contributed by atoms with Crippen molar-refractivity contribution >= 4 is 27.0 Å². The molecule has 5 aromatic rings. The van der Waals surface area contributed by atoms with Gasteiger partial charge in [-0.1, -0.05) is 6.07 Å². The Morgan fingerprint density at radius 3 is 2.57 bits per heavy atom. The van der Waals surface area contributed by atoms with E-state index in [4.69, 9.17) is 13.9 Å². The largest absolute Gasteiger partial charge is 0.494 e. The number of nitrogens with zero attached hydrogens (tertiary/aromatic N) is 5. The van der Waals surface area contributed by atoms with Crippen molar-refractivity contribution in [2.45, 2.75) is 18.6 Å². The smallest absolute Gasteiger partial charge is 0.243 e. The Hall–Kier alpha value is -4.46. The summed E-state index contributed by atoms with van der Waals surface area (Å²) in [4.78, 5) is 10.8. The Morgan fingerprint density at radius 1 is 1.14 bits per heavy atom. The first-order chi connectivity index (χ1) is 17.8. The maximum absolute atomic E-state index is 14.0. The first-order valence-corrected chi connectivity index (χ1v) is 12.6. The third-order valence-electron chi connectivity index (χ3n) is 5.76. The predicted molar refractivity (Wildman–Crippen MR) is 132 cm³/mol. The molecule has 0 amide bonds. The summed E-state index contributed by atoms with van der Waals surface area (Å²) in [6.07, 6.45) is 3.79. The molecule has 0 saturated carbocycles. The van der Waals surface area contributed by atoms with E-state index in [9.17, 15) is 12.8 Å². The monoisotopic (exact) mass is 527 g/mol. The lowest BCUT2D eigenvalue weighted by atomic mass is 10.2. The quantitative estimate of drug-likeness (QED) is 0.294. The summed E-state index contributed by atoms with van der Waals surface area (Å²) >= 11 is 0. The Bertz CT molecular complexity index is 1640. The molecule has 5 rings (SSSR count). The van der Waals surface area contributed by atoms with Crippen molar-refractivity contribution in [1.82, 2.24) is 29.7 Å². The van der Waals surface area contributed by atoms with Gasteiger partial charge in [-0.2, -0.15) is 0 Å². The van der Waals surface area contributed by atoms with Gasteiger partial charge >= 0.3 is 0 Å². The number of aromatic amines is 1. The van der Waals surface area contributed by atoms with Crippen LogP contribution in [0.15, 0.2) is 53.5 Å². The Morgan fingerprint density at radius 2 is 1.89 bits per heavy atom. The van der Waals surface area contributed by atoms with Crippen molar-refractivity contribution in [3.05, 3.63) is 60.6 Å². The van der Waals surface area contributed by atoms with Crippen molar-refractivity contribution in [2.75, 3.05) is 18.9 Å². The van der Waals surface area contributed by atoms with E-state index >= 15 is 0 Å². The van der Waals surface area contributed by atoms with Gasteiger partial charge in [-0.05, 0) is 31.2 Å². The molecule has 0 aliphatic rings. The van der Waals surface area contributed by atoms with Gasteiger partial charge in [-0.25, -0.2) is 17.8 Å². The minimum Gasteiger partial charge on any atom is -0.494 e. The Balaban J connectivity index is 1.56. The number of imidazole rings is 1. The van der Waals surface area contributed by atoms with Crippen molar-refractivity contribution in [3.63, 3.8) is 0 Å². The number of hydrogen-bond acceptors (Lipinski definition) is 9. The highest BCUT2D eigenvalue weighted by atomic mass is 32.2. The van der Waals surface area contributed by atoms with Crippen molar-refractivity contribution in [3.8, 4) is 28.8 Å². The van der Waals surface area contributed by atoms with Crippen molar-refractivity contribution in [2.24, 2.45) is 0 Å². The van der Waals surface area contributed by atoms with Gasteiger partial charge in [0.1, 0.15) is 22.7 Å². The second-order valence-corrected chi connectivity index (χ2v) is 10.1. The van der Waals surface area contributed by atoms with Crippen LogP contribution in [0.4, 0.5) is 10.3 Å². The van der Waals surface area contributed by atoms with E-state index < -0.39 is 21.1 Å². The summed E-state index contributed by atoms with van der Waals surface area (Å²) < 4.78 is 61.4. The Labute approximate surface area is 210 Å². The number of ether oxygens (including phenoxy) is 2. The summed E-state index contributed by atoms with van der Waals surface area (Å²) in [7, 11) is -1.09. The molecule has 1 aromatic carbocycles. The van der Waals surface area contributed by atoms with Crippen LogP contribution in [0.25, 0.3) is 28.3 Å². The number of nitrogens with one attached hydrogen (secondary N) is 2. The van der Waals surface area contributed by atoms with Gasteiger partial charge in [0.15, 0.2) is 11.6 Å². The van der Waals surface area contributed by atoms with Crippen LogP contribution in [0, 0.1) is 5.82 Å². The van der Waals surface area contributed by atoms with Crippen LogP contribution < -0.4 is 14.2 Å². The van der Waals surface area contributed by atoms with E-state index in [1.807, 2.05) is 0 Å². The number of methoxy groups -OCH3 is 2. The molecular formula is C23H22FN7O5S. The molecule has 0 spiro atoms. The minimum absolute atomic E-state index is 0.0224. The standard InChI is InChI=1S/C23H22FN7O5S/c1-13(10-15-20-19(26-12-27-20)14(24)11-25-15)37(32,33)30-23-29-28-22(18-8-5-9-36-18)31(23)21-16(34-2)6-4-7-17(21)35-3/h4-9,11-13H,10H2,1-3H3,(H,26,27)(H,29,30)/t13-/m0/s1. The number of rotatable bonds is 9. The van der Waals surface area contributed by atoms with Crippen LogP contribution in [0.5, 0.6) is 11.5 Å². The molecule has 0 saturated heterocycles. The van der Waals surface area contributed by atoms with Crippen LogP contribution in [0.3, 0.4) is 0 Å². The minimum atomic E-state index is -4.05. The molecule has 4 heterocycles. The summed E-state index contributed by atoms with van der Waals surface area (Å²) in [6.45, 7) is 1.51. The van der Waals surface area contributed by atoms with Crippen molar-refractivity contribution < 1.29 is 26.7 Å². The van der Waals surface area contributed by atoms with E-state index in [2.05, 4.69) is 29.9 Å². The molecule has 4 aromatic heterocycles. The SMILES string of the molecule is COc1cccc(OC)c1-n1c(NS(=O)(=O)[C@@H](C)Cc2ncc(F)c3nc[nH]c23)nnc1-c1ccco1. The third-order valence-corrected chi connectivity index (χ3v) is 7.46. The molecule has 14 heteroatoms. The van der Waals surface area contributed by atoms with Gasteiger partial charge in [0.05, 0.1) is 49.5 Å². The molecule has 12 nitrogen and oxygen atoms in total. The van der Waals surface area contributed by atoms with Gasteiger partial charge in [0, 0.05) is 6.42 Å². The fourth-order valence-electron chi connectivity index (χ4n) is 3.90. The van der Waals surface area contributed by atoms with E-state index in [-0.39, 0.29) is 23.7 Å². The number of fused-ring (bicyclic) bond motifs is 1. The van der Waals surface area contributed by atoms with Gasteiger partial charge in [-0.3, -0.25) is 14.3 Å². The zero-order valence-corrected chi connectivity index (χ0v) is 20.8. The zero-order valence-electron chi connectivity index (χ0n) is 20.0. The van der Waals surface area contributed by atoms with Gasteiger partial charge in [-0.15, -0.1) is 10.2 Å². The van der Waals surface area contributed by atoms with Gasteiger partial charge < -0.3 is 18.9 Å². The van der Waals surface area contributed by atoms with Crippen LogP contribution in [0.1, 0.15) is 12.6 Å². The van der Waals surface area contributed by atoms with E-state index in [0.717, 1.165) is 6.20 Å². The normalized spacial score (nSPS) is 12.5. The predicted octanol–water partition coefficient (Wildman–Crippen LogP) is 3.33. The number of hydrogen-bond donors (Lipinski definition) is 2. The lowest BCUT2D eigenvalue weighted by Crippen LogP contribution is -2.29. The molecule has 192 valence electrons. The number of sulfonamides is 1. The first-order valence-electron chi connectivity index (χ1n) is 11.0. The third kappa shape index (κ3) is 4.35. The molecule has 0 aliphatic heterocycles. The first kappa shape index (κ1) is 24.2. The number of halogens is 1. The molecule has 0 unspecified atom stereocenters. The summed E-state index contributed by atoms with van der Waals surface area (Å²) in [5, 5.41) is 7.28. The summed E-state index contributed by atoms with van der Waals surface area (Å²) in [6, 6.07) is 8.46. The lowest BCUT2D eigenvalue weighted by Gasteiger charge is -2.18. The number of aromatic nitrogens is 6. The molecular weight excluding hydrogens is 505 g/mol. The van der Waals surface area contributed by atoms with E-state index in [1.165, 1.54) is 38.3 Å². The topological polar surface area (TPSA) is 150 Å². The number of benzene rings is 1. The number of pyridine rings is 1. The molecule has 0 radical (unpaired) electrons. The number of para-hydroxylation sites is 1. The van der Waals surface area contributed by atoms with Crippen LogP contribution in [-0.4, -0.2) is 57.6 Å². The molecule has 2 N–H and O–H groups in total. The molecule has 0 fully saturated rings. The molecule has 37 heavy (non-hydrogen) atoms. The highest BCUT2D eigenvalue weighted by Gasteiger charge is 2.29. The maximum atomic E-state index is 14.0. The number of H-pyrrole nitrogens is 1. The van der Waals surface area contributed by atoms with Crippen molar-refractivity contribution in [1.29, 1.82) is 0 Å². The van der Waals surface area contributed by atoms with E-state index in [1.54, 1.807) is 30.3 Å². The second-order valence-electron chi connectivity index (χ2n) is 8.01. The molecule has 0 aliphatic carbocycles. The van der Waals surface area contributed by atoms with Gasteiger partial charge in [0.25, 0.3) is 0 Å². The van der Waals surface area contributed by atoms with Crippen LogP contribution in [0.2, 0.25) is 0 Å². The fourth-order valence-corrected chi connectivity index (χ4v) is 4.86.